The standard InChI is InChI=1S/C17H25NO7/c1-16(2,3)24-14(19)13(15(20)25-17(4,5)6)11(10-18(21)22)12-8-7-9-23-12/h7-9,11,13H,10H2,1-6H3/t11-/m1/s1. The summed E-state index contributed by atoms with van der Waals surface area (Å²) in [5.74, 6) is -4.25. The molecule has 0 spiro atoms. The summed E-state index contributed by atoms with van der Waals surface area (Å²) in [6.45, 7) is 9.20. The van der Waals surface area contributed by atoms with Gasteiger partial charge < -0.3 is 13.9 Å². The number of carbonyl (C=O) groups is 2. The van der Waals surface area contributed by atoms with Gasteiger partial charge in [0.05, 0.1) is 6.26 Å². The molecule has 8 nitrogen and oxygen atoms in total. The number of rotatable bonds is 6. The maximum Gasteiger partial charge on any atom is 0.321 e. The van der Waals surface area contributed by atoms with Crippen LogP contribution in [0.2, 0.25) is 0 Å². The molecule has 0 N–H and O–H groups in total. The topological polar surface area (TPSA) is 109 Å². The summed E-state index contributed by atoms with van der Waals surface area (Å²) in [6, 6.07) is 3.01. The van der Waals surface area contributed by atoms with Crippen molar-refractivity contribution in [2.75, 3.05) is 6.54 Å². The third-order valence-corrected chi connectivity index (χ3v) is 2.98. The van der Waals surface area contributed by atoms with Crippen LogP contribution in [0, 0.1) is 16.0 Å². The first kappa shape index (κ1) is 20.7. The van der Waals surface area contributed by atoms with Crippen molar-refractivity contribution in [3.63, 3.8) is 0 Å². The Labute approximate surface area is 146 Å². The summed E-state index contributed by atoms with van der Waals surface area (Å²) in [6.07, 6.45) is 1.32. The van der Waals surface area contributed by atoms with E-state index in [4.69, 9.17) is 13.9 Å². The number of nitrogens with zero attached hydrogens (tertiary/aromatic N) is 1. The maximum absolute atomic E-state index is 12.6. The Morgan fingerprint density at radius 1 is 1.12 bits per heavy atom. The number of nitro groups is 1. The third kappa shape index (κ3) is 6.94. The molecule has 0 aliphatic rings. The number of hydrogen-bond acceptors (Lipinski definition) is 7. The molecular formula is C17H25NO7. The maximum atomic E-state index is 12.6. The molecule has 140 valence electrons. The normalized spacial score (nSPS) is 13.4. The summed E-state index contributed by atoms with van der Waals surface area (Å²) in [5, 5.41) is 11.1. The van der Waals surface area contributed by atoms with E-state index >= 15 is 0 Å². The molecule has 0 saturated heterocycles. The zero-order valence-electron chi connectivity index (χ0n) is 15.4. The van der Waals surface area contributed by atoms with Crippen molar-refractivity contribution < 1.29 is 28.4 Å². The Bertz CT molecular complexity index is 580. The Kier molecular flexibility index (Phi) is 6.34. The number of hydrogen-bond donors (Lipinski definition) is 0. The Morgan fingerprint density at radius 3 is 1.92 bits per heavy atom. The Morgan fingerprint density at radius 2 is 1.60 bits per heavy atom. The summed E-state index contributed by atoms with van der Waals surface area (Å²) < 4.78 is 15.8. The number of ether oxygens (including phenoxy) is 2. The van der Waals surface area contributed by atoms with Gasteiger partial charge in [0.2, 0.25) is 6.54 Å². The van der Waals surface area contributed by atoms with E-state index in [0.717, 1.165) is 0 Å². The van der Waals surface area contributed by atoms with Crippen LogP contribution in [0.4, 0.5) is 0 Å². The molecule has 25 heavy (non-hydrogen) atoms. The van der Waals surface area contributed by atoms with Crippen LogP contribution in [0.1, 0.15) is 53.2 Å². The van der Waals surface area contributed by atoms with Gasteiger partial charge >= 0.3 is 11.9 Å². The van der Waals surface area contributed by atoms with Gasteiger partial charge in [-0.05, 0) is 53.7 Å². The third-order valence-electron chi connectivity index (χ3n) is 2.98. The van der Waals surface area contributed by atoms with Crippen LogP contribution in [-0.4, -0.2) is 34.6 Å². The first-order valence-electron chi connectivity index (χ1n) is 7.91. The quantitative estimate of drug-likeness (QED) is 0.334. The van der Waals surface area contributed by atoms with Gasteiger partial charge in [-0.1, -0.05) is 0 Å². The predicted molar refractivity (Wildman–Crippen MR) is 88.5 cm³/mol. The van der Waals surface area contributed by atoms with Crippen LogP contribution in [0.3, 0.4) is 0 Å². The minimum atomic E-state index is -1.50. The van der Waals surface area contributed by atoms with Gasteiger partial charge in [-0.25, -0.2) is 0 Å². The van der Waals surface area contributed by atoms with Crippen LogP contribution in [0.15, 0.2) is 22.8 Å². The molecule has 0 saturated carbocycles. The van der Waals surface area contributed by atoms with Crippen LogP contribution < -0.4 is 0 Å². The Hall–Kier alpha value is -2.38. The van der Waals surface area contributed by atoms with E-state index in [1.807, 2.05) is 0 Å². The molecule has 1 heterocycles. The largest absolute Gasteiger partial charge is 0.469 e. The average Bonchev–Trinajstić information content (AvgIpc) is 2.86. The minimum Gasteiger partial charge on any atom is -0.469 e. The molecule has 0 fully saturated rings. The van der Waals surface area contributed by atoms with Gasteiger partial charge in [0.15, 0.2) is 5.92 Å². The molecule has 8 heteroatoms. The molecule has 0 unspecified atom stereocenters. The number of esters is 2. The lowest BCUT2D eigenvalue weighted by Crippen LogP contribution is -2.41. The average molecular weight is 355 g/mol. The molecule has 0 aromatic carbocycles. The van der Waals surface area contributed by atoms with Gasteiger partial charge in [-0.15, -0.1) is 0 Å². The highest BCUT2D eigenvalue weighted by molar-refractivity contribution is 5.96. The molecule has 0 amide bonds. The van der Waals surface area contributed by atoms with E-state index in [2.05, 4.69) is 0 Å². The van der Waals surface area contributed by atoms with Crippen molar-refractivity contribution in [3.8, 4) is 0 Å². The van der Waals surface area contributed by atoms with Gasteiger partial charge in [0, 0.05) is 4.92 Å². The zero-order valence-corrected chi connectivity index (χ0v) is 15.4. The second kappa shape index (κ2) is 7.67. The Balaban J connectivity index is 3.27. The lowest BCUT2D eigenvalue weighted by Gasteiger charge is -2.28. The second-order valence-corrected chi connectivity index (χ2v) is 7.68. The van der Waals surface area contributed by atoms with Gasteiger partial charge in [0.25, 0.3) is 0 Å². The smallest absolute Gasteiger partial charge is 0.321 e. The highest BCUT2D eigenvalue weighted by Gasteiger charge is 2.45. The van der Waals surface area contributed by atoms with Crippen LogP contribution >= 0.6 is 0 Å². The molecule has 1 aromatic rings. The monoisotopic (exact) mass is 355 g/mol. The van der Waals surface area contributed by atoms with Crippen LogP contribution in [0.25, 0.3) is 0 Å². The van der Waals surface area contributed by atoms with E-state index in [1.54, 1.807) is 41.5 Å². The van der Waals surface area contributed by atoms with Gasteiger partial charge in [-0.2, -0.15) is 0 Å². The van der Waals surface area contributed by atoms with Crippen LogP contribution in [0.5, 0.6) is 0 Å². The molecule has 0 radical (unpaired) electrons. The first-order chi connectivity index (χ1) is 11.3. The zero-order chi connectivity index (χ0) is 19.4. The highest BCUT2D eigenvalue weighted by atomic mass is 16.6. The number of furan rings is 1. The van der Waals surface area contributed by atoms with Crippen molar-refractivity contribution >= 4 is 11.9 Å². The molecular weight excluding hydrogens is 330 g/mol. The lowest BCUT2D eigenvalue weighted by atomic mass is 9.89. The fraction of sp³-hybridized carbons (Fsp3) is 0.647. The molecule has 0 aliphatic heterocycles. The second-order valence-electron chi connectivity index (χ2n) is 7.68. The highest BCUT2D eigenvalue weighted by Crippen LogP contribution is 2.30. The fourth-order valence-electron chi connectivity index (χ4n) is 2.18. The fourth-order valence-corrected chi connectivity index (χ4v) is 2.18. The molecule has 1 atom stereocenters. The molecule has 1 rings (SSSR count). The van der Waals surface area contributed by atoms with E-state index in [0.29, 0.717) is 0 Å². The van der Waals surface area contributed by atoms with Crippen molar-refractivity contribution in [3.05, 3.63) is 34.3 Å². The first-order valence-corrected chi connectivity index (χ1v) is 7.91. The van der Waals surface area contributed by atoms with Crippen molar-refractivity contribution in [2.45, 2.75) is 58.7 Å². The summed E-state index contributed by atoms with van der Waals surface area (Å²) in [5.41, 5.74) is -1.72. The van der Waals surface area contributed by atoms with Gasteiger partial charge in [-0.3, -0.25) is 19.7 Å². The van der Waals surface area contributed by atoms with E-state index in [1.165, 1.54) is 18.4 Å². The van der Waals surface area contributed by atoms with Crippen molar-refractivity contribution in [1.82, 2.24) is 0 Å². The molecule has 1 aromatic heterocycles. The van der Waals surface area contributed by atoms with Crippen molar-refractivity contribution in [1.29, 1.82) is 0 Å². The number of carbonyl (C=O) groups excluding carboxylic acids is 2. The minimum absolute atomic E-state index is 0.151. The summed E-state index contributed by atoms with van der Waals surface area (Å²) in [4.78, 5) is 35.7. The summed E-state index contributed by atoms with van der Waals surface area (Å²) >= 11 is 0. The predicted octanol–water partition coefficient (Wildman–Crippen LogP) is 2.94. The van der Waals surface area contributed by atoms with E-state index in [-0.39, 0.29) is 5.76 Å². The van der Waals surface area contributed by atoms with Gasteiger partial charge in [0.1, 0.15) is 22.9 Å². The van der Waals surface area contributed by atoms with Crippen molar-refractivity contribution in [2.24, 2.45) is 5.92 Å². The van der Waals surface area contributed by atoms with E-state index < -0.39 is 46.4 Å². The molecule has 0 bridgehead atoms. The lowest BCUT2D eigenvalue weighted by molar-refractivity contribution is -0.484. The molecule has 0 aliphatic carbocycles. The van der Waals surface area contributed by atoms with E-state index in [9.17, 15) is 19.7 Å². The summed E-state index contributed by atoms with van der Waals surface area (Å²) in [7, 11) is 0. The SMILES string of the molecule is CC(C)(C)OC(=O)C(C(=O)OC(C)(C)C)[C@H](C[N+](=O)[O-])c1ccco1. The van der Waals surface area contributed by atoms with Crippen LogP contribution in [-0.2, 0) is 19.1 Å².